The number of carbonyl (C=O) groups is 3. The maximum atomic E-state index is 12.1. The van der Waals surface area contributed by atoms with E-state index in [1.54, 1.807) is 31.3 Å². The van der Waals surface area contributed by atoms with Gasteiger partial charge in [-0.1, -0.05) is 24.3 Å². The van der Waals surface area contributed by atoms with Crippen LogP contribution in [0, 0.1) is 0 Å². The Labute approximate surface area is 139 Å². The molecule has 2 rings (SSSR count). The van der Waals surface area contributed by atoms with Crippen LogP contribution in [0.1, 0.15) is 26.3 Å². The fraction of sp³-hybridized carbons (Fsp3) is 0.235. The van der Waals surface area contributed by atoms with Gasteiger partial charge in [0.05, 0.1) is 37.5 Å². The van der Waals surface area contributed by atoms with Crippen molar-refractivity contribution in [2.45, 2.75) is 6.42 Å². The van der Waals surface area contributed by atoms with Gasteiger partial charge in [0, 0.05) is 7.05 Å². The lowest BCUT2D eigenvalue weighted by Gasteiger charge is -2.01. The van der Waals surface area contributed by atoms with Gasteiger partial charge in [0.15, 0.2) is 0 Å². The van der Waals surface area contributed by atoms with Crippen molar-refractivity contribution in [3.8, 4) is 11.1 Å². The summed E-state index contributed by atoms with van der Waals surface area (Å²) >= 11 is 0. The summed E-state index contributed by atoms with van der Waals surface area (Å²) in [6.45, 7) is 0. The molecule has 1 amide bonds. The number of hydrogen-bond acceptors (Lipinski definition) is 6. The molecule has 0 aromatic rings. The first-order chi connectivity index (χ1) is 11.4. The number of carbonyl (C=O) groups excluding carboxylic acids is 3. The van der Waals surface area contributed by atoms with Crippen molar-refractivity contribution >= 4 is 23.5 Å². The Bertz CT molecular complexity index is 731. The molecule has 0 atom stereocenters. The van der Waals surface area contributed by atoms with Gasteiger partial charge in [0.2, 0.25) is 5.91 Å². The van der Waals surface area contributed by atoms with Crippen molar-refractivity contribution in [3.05, 3.63) is 41.0 Å². The van der Waals surface area contributed by atoms with E-state index >= 15 is 0 Å². The number of nitrogens with one attached hydrogen (secondary N) is 1. The van der Waals surface area contributed by atoms with Crippen LogP contribution in [0.5, 0.6) is 0 Å². The molecule has 0 aliphatic heterocycles. The molecule has 0 radical (unpaired) electrons. The molecular weight excluding hydrogens is 312 g/mol. The highest BCUT2D eigenvalue weighted by atomic mass is 16.5. The number of nitrogen functional groups attached to an aromatic ring is 1. The summed E-state index contributed by atoms with van der Waals surface area (Å²) in [5, 5.41) is 2.54. The number of hydrogen-bond donors (Lipinski definition) is 2. The second-order valence-corrected chi connectivity index (χ2v) is 5.07. The number of nitrogens with two attached hydrogens (primary N) is 1. The predicted octanol–water partition coefficient (Wildman–Crippen LogP) is 1.24. The normalized spacial score (nSPS) is 10.3. The molecule has 0 saturated carbocycles. The number of amides is 1. The lowest BCUT2D eigenvalue weighted by Crippen LogP contribution is -2.19. The SMILES string of the molecule is CNC(=O)Cc1ccc2c(C(=O)OC)c(N)c(C(=O)OC)c-2cc1. The fourth-order valence-electron chi connectivity index (χ4n) is 2.50. The van der Waals surface area contributed by atoms with Gasteiger partial charge >= 0.3 is 11.9 Å². The summed E-state index contributed by atoms with van der Waals surface area (Å²) in [6.07, 6.45) is 0.171. The average molecular weight is 330 g/mol. The van der Waals surface area contributed by atoms with Crippen molar-refractivity contribution in [2.75, 3.05) is 27.0 Å². The summed E-state index contributed by atoms with van der Waals surface area (Å²) < 4.78 is 9.52. The molecule has 0 fully saturated rings. The van der Waals surface area contributed by atoms with E-state index in [9.17, 15) is 14.4 Å². The predicted molar refractivity (Wildman–Crippen MR) is 87.9 cm³/mol. The Morgan fingerprint density at radius 3 is 1.79 bits per heavy atom. The minimum Gasteiger partial charge on any atom is -0.465 e. The Kier molecular flexibility index (Phi) is 5.03. The van der Waals surface area contributed by atoms with Crippen LogP contribution in [0.3, 0.4) is 0 Å². The van der Waals surface area contributed by atoms with Crippen molar-refractivity contribution in [1.29, 1.82) is 0 Å². The lowest BCUT2D eigenvalue weighted by atomic mass is 10.1. The van der Waals surface area contributed by atoms with Crippen molar-refractivity contribution in [3.63, 3.8) is 0 Å². The van der Waals surface area contributed by atoms with Crippen LogP contribution in [0.4, 0.5) is 5.69 Å². The summed E-state index contributed by atoms with van der Waals surface area (Å²) in [5.74, 6) is -1.44. The molecule has 0 aromatic heterocycles. The maximum Gasteiger partial charge on any atom is 0.340 e. The molecule has 0 saturated heterocycles. The lowest BCUT2D eigenvalue weighted by molar-refractivity contribution is -0.119. The first kappa shape index (κ1) is 17.3. The molecule has 7 heteroatoms. The Balaban J connectivity index is 2.70. The summed E-state index contributed by atoms with van der Waals surface area (Å²) in [4.78, 5) is 35.7. The number of likely N-dealkylation sites (N-methyl/N-ethyl adjacent to an activating group) is 1. The van der Waals surface area contributed by atoms with E-state index in [0.717, 1.165) is 5.56 Å². The van der Waals surface area contributed by atoms with E-state index in [-0.39, 0.29) is 29.1 Å². The number of anilines is 1. The summed E-state index contributed by atoms with van der Waals surface area (Å²) in [6, 6.07) is 6.68. The standard InChI is InChI=1S/C17H18N2O5/c1-19-12(20)8-9-4-6-10-11(7-5-9)14(17(22)24-3)15(18)13(10)16(21)23-2/h4-7H,8,18H2,1-3H3,(H,19,20). The minimum absolute atomic E-state index is 0.0164. The maximum absolute atomic E-state index is 12.1. The highest BCUT2D eigenvalue weighted by Gasteiger charge is 2.30. The number of esters is 2. The highest BCUT2D eigenvalue weighted by Crippen LogP contribution is 2.39. The highest BCUT2D eigenvalue weighted by molar-refractivity contribution is 6.15. The van der Waals surface area contributed by atoms with E-state index in [1.807, 2.05) is 0 Å². The number of rotatable bonds is 4. The Hall–Kier alpha value is -3.09. The topological polar surface area (TPSA) is 108 Å². The first-order valence-corrected chi connectivity index (χ1v) is 7.15. The van der Waals surface area contributed by atoms with Crippen LogP contribution in [0.2, 0.25) is 0 Å². The van der Waals surface area contributed by atoms with Crippen molar-refractivity contribution in [1.82, 2.24) is 5.32 Å². The smallest absolute Gasteiger partial charge is 0.340 e. The number of ether oxygens (including phenoxy) is 2. The van der Waals surface area contributed by atoms with Gasteiger partial charge in [0.25, 0.3) is 0 Å². The van der Waals surface area contributed by atoms with Crippen LogP contribution in [0.25, 0.3) is 11.1 Å². The summed E-state index contributed by atoms with van der Waals surface area (Å²) in [5.41, 5.74) is 7.85. The van der Waals surface area contributed by atoms with Gasteiger partial charge in [-0.15, -0.1) is 0 Å². The number of fused-ring (bicyclic) bond motifs is 1. The molecule has 3 N–H and O–H groups in total. The van der Waals surface area contributed by atoms with Crippen LogP contribution in [0.15, 0.2) is 24.3 Å². The largest absolute Gasteiger partial charge is 0.465 e. The Morgan fingerprint density at radius 2 is 1.42 bits per heavy atom. The molecular formula is C17H18N2O5. The molecule has 2 aliphatic rings. The zero-order valence-electron chi connectivity index (χ0n) is 13.6. The zero-order chi connectivity index (χ0) is 17.9. The Morgan fingerprint density at radius 1 is 0.958 bits per heavy atom. The second kappa shape index (κ2) is 6.99. The van der Waals surface area contributed by atoms with Gasteiger partial charge in [-0.3, -0.25) is 4.79 Å². The molecule has 7 nitrogen and oxygen atoms in total. The van der Waals surface area contributed by atoms with E-state index in [0.29, 0.717) is 11.1 Å². The van der Waals surface area contributed by atoms with Crippen molar-refractivity contribution < 1.29 is 23.9 Å². The molecule has 0 bridgehead atoms. The summed E-state index contributed by atoms with van der Waals surface area (Å²) in [7, 11) is 4.02. The molecule has 0 spiro atoms. The molecule has 2 aliphatic carbocycles. The van der Waals surface area contributed by atoms with Gasteiger partial charge in [-0.25, -0.2) is 9.59 Å². The first-order valence-electron chi connectivity index (χ1n) is 7.15. The zero-order valence-corrected chi connectivity index (χ0v) is 13.6. The third kappa shape index (κ3) is 3.01. The third-order valence-corrected chi connectivity index (χ3v) is 3.72. The molecule has 24 heavy (non-hydrogen) atoms. The molecule has 126 valence electrons. The monoisotopic (exact) mass is 330 g/mol. The van der Waals surface area contributed by atoms with Gasteiger partial charge in [-0.05, 0) is 16.7 Å². The average Bonchev–Trinajstić information content (AvgIpc) is 2.72. The molecule has 0 heterocycles. The minimum atomic E-state index is -0.647. The van der Waals surface area contributed by atoms with Gasteiger partial charge < -0.3 is 20.5 Å². The van der Waals surface area contributed by atoms with Crippen LogP contribution in [-0.2, 0) is 20.7 Å². The van der Waals surface area contributed by atoms with Crippen LogP contribution >= 0.6 is 0 Å². The second-order valence-electron chi connectivity index (χ2n) is 5.07. The van der Waals surface area contributed by atoms with Crippen LogP contribution in [-0.4, -0.2) is 39.1 Å². The van der Waals surface area contributed by atoms with Crippen molar-refractivity contribution in [2.24, 2.45) is 0 Å². The third-order valence-electron chi connectivity index (χ3n) is 3.72. The number of methoxy groups -OCH3 is 2. The quantitative estimate of drug-likeness (QED) is 0.817. The van der Waals surface area contributed by atoms with Crippen LogP contribution < -0.4 is 11.1 Å². The van der Waals surface area contributed by atoms with E-state index in [1.165, 1.54) is 14.2 Å². The van der Waals surface area contributed by atoms with Gasteiger partial charge in [-0.2, -0.15) is 0 Å². The van der Waals surface area contributed by atoms with E-state index in [4.69, 9.17) is 15.2 Å². The fourth-order valence-corrected chi connectivity index (χ4v) is 2.50. The molecule has 0 aromatic carbocycles. The van der Waals surface area contributed by atoms with Gasteiger partial charge in [0.1, 0.15) is 0 Å². The molecule has 0 unspecified atom stereocenters. The van der Waals surface area contributed by atoms with E-state index in [2.05, 4.69) is 5.32 Å². The van der Waals surface area contributed by atoms with E-state index < -0.39 is 11.9 Å².